The second-order valence-corrected chi connectivity index (χ2v) is 10.9. The van der Waals surface area contributed by atoms with Crippen LogP contribution in [0.3, 0.4) is 0 Å². The van der Waals surface area contributed by atoms with Crippen LogP contribution in [0.1, 0.15) is 12.8 Å². The van der Waals surface area contributed by atoms with E-state index in [-0.39, 0.29) is 0 Å². The van der Waals surface area contributed by atoms with Crippen LogP contribution in [-0.4, -0.2) is 17.8 Å². The quantitative estimate of drug-likeness (QED) is 0.319. The summed E-state index contributed by atoms with van der Waals surface area (Å²) < 4.78 is 15.4. The normalized spacial score (nSPS) is 17.9. The van der Waals surface area contributed by atoms with E-state index in [0.717, 1.165) is 59.3 Å². The van der Waals surface area contributed by atoms with Crippen molar-refractivity contribution in [2.75, 3.05) is 13.1 Å². The lowest BCUT2D eigenvalue weighted by Crippen LogP contribution is -2.22. The van der Waals surface area contributed by atoms with Crippen LogP contribution < -0.4 is 9.05 Å². The van der Waals surface area contributed by atoms with Crippen molar-refractivity contribution in [3.05, 3.63) is 72.8 Å². The highest BCUT2D eigenvalue weighted by molar-refractivity contribution is 8.09. The average molecular weight is 417 g/mol. The molecule has 0 bridgehead atoms. The van der Waals surface area contributed by atoms with Crippen LogP contribution in [-0.2, 0) is 11.8 Å². The average Bonchev–Trinajstić information content (AvgIpc) is 3.26. The molecule has 0 spiro atoms. The summed E-state index contributed by atoms with van der Waals surface area (Å²) in [5.41, 5.74) is 2.17. The Hall–Kier alpha value is -2.39. The van der Waals surface area contributed by atoms with Gasteiger partial charge in [-0.25, -0.2) is 4.67 Å². The summed E-state index contributed by atoms with van der Waals surface area (Å²) in [5, 5.41) is 4.70. The van der Waals surface area contributed by atoms with Gasteiger partial charge in [-0.3, -0.25) is 0 Å². The van der Waals surface area contributed by atoms with Crippen molar-refractivity contribution in [3.8, 4) is 22.6 Å². The van der Waals surface area contributed by atoms with Crippen molar-refractivity contribution >= 4 is 40.0 Å². The molecule has 0 radical (unpaired) electrons. The molecule has 6 rings (SSSR count). The molecule has 0 atom stereocenters. The summed E-state index contributed by atoms with van der Waals surface area (Å²) in [7, 11) is 0. The fraction of sp³-hybridized carbons (Fsp3) is 0.167. The molecule has 0 aromatic heterocycles. The molecule has 4 aromatic rings. The van der Waals surface area contributed by atoms with Crippen LogP contribution in [0.25, 0.3) is 32.7 Å². The first-order valence-corrected chi connectivity index (χ1v) is 12.6. The van der Waals surface area contributed by atoms with E-state index in [4.69, 9.17) is 20.9 Å². The Kier molecular flexibility index (Phi) is 3.95. The van der Waals surface area contributed by atoms with Gasteiger partial charge in [-0.2, -0.15) is 0 Å². The maximum absolute atomic E-state index is 6.60. The zero-order valence-corrected chi connectivity index (χ0v) is 17.6. The first kappa shape index (κ1) is 17.5. The van der Waals surface area contributed by atoms with E-state index < -0.39 is 6.64 Å². The molecular formula is C24H20NO2PS. The SMILES string of the molecule is S=P1(N2CCCC2)Oc2ccc3ccccc3c2-c2c(ccc3ccccc23)O1. The Bertz CT molecular complexity index is 1220. The van der Waals surface area contributed by atoms with Crippen molar-refractivity contribution in [1.29, 1.82) is 0 Å². The Morgan fingerprint density at radius 2 is 1.14 bits per heavy atom. The molecule has 0 amide bonds. The zero-order chi connectivity index (χ0) is 19.4. The van der Waals surface area contributed by atoms with Gasteiger partial charge in [0.05, 0.1) is 0 Å². The van der Waals surface area contributed by atoms with Crippen molar-refractivity contribution in [3.63, 3.8) is 0 Å². The molecular weight excluding hydrogens is 397 g/mol. The second-order valence-electron chi connectivity index (χ2n) is 7.63. The van der Waals surface area contributed by atoms with Crippen molar-refractivity contribution in [2.45, 2.75) is 12.8 Å². The summed E-state index contributed by atoms with van der Waals surface area (Å²) in [6.45, 7) is -0.791. The van der Waals surface area contributed by atoms with Gasteiger partial charge in [0.25, 0.3) is 0 Å². The summed E-state index contributed by atoms with van der Waals surface area (Å²) >= 11 is 6.09. The largest absolute Gasteiger partial charge is 0.424 e. The van der Waals surface area contributed by atoms with Crippen LogP contribution in [0.5, 0.6) is 11.5 Å². The summed E-state index contributed by atoms with van der Waals surface area (Å²) in [5.74, 6) is 1.66. The molecule has 2 heterocycles. The Morgan fingerprint density at radius 3 is 1.66 bits per heavy atom. The van der Waals surface area contributed by atoms with E-state index in [1.165, 1.54) is 10.8 Å². The molecule has 0 saturated carbocycles. The van der Waals surface area contributed by atoms with Crippen LogP contribution >= 0.6 is 6.64 Å². The Morgan fingerprint density at radius 1 is 0.655 bits per heavy atom. The van der Waals surface area contributed by atoms with Gasteiger partial charge in [0.15, 0.2) is 0 Å². The highest BCUT2D eigenvalue weighted by atomic mass is 32.5. The van der Waals surface area contributed by atoms with Gasteiger partial charge in [0.1, 0.15) is 11.5 Å². The van der Waals surface area contributed by atoms with Crippen LogP contribution in [0, 0.1) is 0 Å². The lowest BCUT2D eigenvalue weighted by atomic mass is 9.92. The number of rotatable bonds is 1. The fourth-order valence-electron chi connectivity index (χ4n) is 4.50. The van der Waals surface area contributed by atoms with Gasteiger partial charge < -0.3 is 9.05 Å². The summed E-state index contributed by atoms with van der Waals surface area (Å²) in [6, 6.07) is 25.3. The standard InChI is InChI=1S/C24H20NO2PS/c29-28(25-15-5-6-16-25)26-21-13-11-17-7-1-3-9-19(17)23(21)24-20-10-4-2-8-18(20)12-14-22(24)27-28/h1-4,7-14H,5-6,15-16H2. The number of nitrogens with zero attached hydrogens (tertiary/aromatic N) is 1. The molecule has 3 nitrogen and oxygen atoms in total. The van der Waals surface area contributed by atoms with E-state index >= 15 is 0 Å². The minimum atomic E-state index is -2.66. The summed E-state index contributed by atoms with van der Waals surface area (Å²) in [4.78, 5) is 0. The zero-order valence-electron chi connectivity index (χ0n) is 15.9. The van der Waals surface area contributed by atoms with E-state index in [1.807, 2.05) is 0 Å². The van der Waals surface area contributed by atoms with Gasteiger partial charge in [-0.1, -0.05) is 60.7 Å². The molecule has 0 aliphatic carbocycles. The third-order valence-electron chi connectivity index (χ3n) is 5.89. The maximum atomic E-state index is 6.60. The van der Waals surface area contributed by atoms with Gasteiger partial charge in [-0.15, -0.1) is 0 Å². The molecule has 144 valence electrons. The molecule has 4 aromatic carbocycles. The van der Waals surface area contributed by atoms with Crippen LogP contribution in [0.4, 0.5) is 0 Å². The number of benzene rings is 4. The minimum Gasteiger partial charge on any atom is -0.424 e. The highest BCUT2D eigenvalue weighted by Gasteiger charge is 2.38. The Labute approximate surface area is 175 Å². The molecule has 29 heavy (non-hydrogen) atoms. The molecule has 5 heteroatoms. The van der Waals surface area contributed by atoms with E-state index in [2.05, 4.69) is 77.5 Å². The van der Waals surface area contributed by atoms with E-state index in [0.29, 0.717) is 0 Å². The predicted molar refractivity (Wildman–Crippen MR) is 123 cm³/mol. The van der Waals surface area contributed by atoms with Gasteiger partial charge in [0, 0.05) is 36.0 Å². The Balaban J connectivity index is 1.73. The lowest BCUT2D eigenvalue weighted by Gasteiger charge is -2.29. The first-order valence-electron chi connectivity index (χ1n) is 10.0. The van der Waals surface area contributed by atoms with Crippen molar-refractivity contribution in [2.24, 2.45) is 0 Å². The van der Waals surface area contributed by atoms with Gasteiger partial charge in [-0.05, 0) is 46.5 Å². The topological polar surface area (TPSA) is 21.7 Å². The van der Waals surface area contributed by atoms with Gasteiger partial charge >= 0.3 is 6.64 Å². The van der Waals surface area contributed by atoms with Gasteiger partial charge in [0.2, 0.25) is 0 Å². The molecule has 2 aliphatic heterocycles. The summed E-state index contributed by atoms with van der Waals surface area (Å²) in [6.07, 6.45) is 2.28. The van der Waals surface area contributed by atoms with Crippen LogP contribution in [0.15, 0.2) is 72.8 Å². The van der Waals surface area contributed by atoms with Crippen LogP contribution in [0.2, 0.25) is 0 Å². The van der Waals surface area contributed by atoms with E-state index in [1.54, 1.807) is 0 Å². The smallest absolute Gasteiger partial charge is 0.368 e. The second kappa shape index (κ2) is 6.56. The minimum absolute atomic E-state index is 0.828. The first-order chi connectivity index (χ1) is 14.2. The molecule has 1 saturated heterocycles. The number of hydrogen-bond acceptors (Lipinski definition) is 3. The molecule has 1 fully saturated rings. The highest BCUT2D eigenvalue weighted by Crippen LogP contribution is 2.61. The third-order valence-corrected chi connectivity index (χ3v) is 8.98. The monoisotopic (exact) mass is 417 g/mol. The van der Waals surface area contributed by atoms with E-state index in [9.17, 15) is 0 Å². The molecule has 0 N–H and O–H groups in total. The van der Waals surface area contributed by atoms with Crippen molar-refractivity contribution in [1.82, 2.24) is 4.67 Å². The third kappa shape index (κ3) is 2.71. The molecule has 0 unspecified atom stereocenters. The maximum Gasteiger partial charge on any atom is 0.368 e. The van der Waals surface area contributed by atoms with Crippen molar-refractivity contribution < 1.29 is 9.05 Å². The molecule has 2 aliphatic rings. The lowest BCUT2D eigenvalue weighted by molar-refractivity contribution is 0.393. The predicted octanol–water partition coefficient (Wildman–Crippen LogP) is 6.75. The number of fused-ring (bicyclic) bond motifs is 7. The fourth-order valence-corrected chi connectivity index (χ4v) is 7.31. The number of hydrogen-bond donors (Lipinski definition) is 0.